The Hall–Kier alpha value is -3.01. The van der Waals surface area contributed by atoms with E-state index in [1.165, 1.54) is 0 Å². The van der Waals surface area contributed by atoms with Crippen molar-refractivity contribution in [1.82, 2.24) is 10.6 Å². The van der Waals surface area contributed by atoms with Crippen LogP contribution in [0.2, 0.25) is 0 Å². The molecule has 0 saturated heterocycles. The van der Waals surface area contributed by atoms with E-state index in [-0.39, 0.29) is 23.5 Å². The molecule has 8 nitrogen and oxygen atoms in total. The minimum absolute atomic E-state index is 0.00342. The number of para-hydroxylation sites is 1. The number of carbonyl (C=O) groups is 2. The topological polar surface area (TPSA) is 109 Å². The number of amides is 2. The molecule has 160 valence electrons. The smallest absolute Gasteiger partial charge is 0.257 e. The number of aliphatic hydroxyl groups excluding tert-OH is 1. The first-order chi connectivity index (χ1) is 14.5. The van der Waals surface area contributed by atoms with Gasteiger partial charge in [-0.25, -0.2) is 0 Å². The summed E-state index contributed by atoms with van der Waals surface area (Å²) in [7, 11) is 1.59. The van der Waals surface area contributed by atoms with E-state index in [1.54, 1.807) is 55.6 Å². The highest BCUT2D eigenvalue weighted by atomic mass is 32.1. The number of carbonyl (C=O) groups excluding carboxylic acids is 2. The normalized spacial score (nSPS) is 10.2. The van der Waals surface area contributed by atoms with Crippen LogP contribution in [0.4, 0.5) is 5.69 Å². The van der Waals surface area contributed by atoms with E-state index < -0.39 is 0 Å². The molecule has 2 aromatic rings. The summed E-state index contributed by atoms with van der Waals surface area (Å²) in [6.45, 7) is 1.25. The van der Waals surface area contributed by atoms with Crippen LogP contribution in [0.15, 0.2) is 48.5 Å². The lowest BCUT2D eigenvalue weighted by Crippen LogP contribution is -2.35. The first-order valence-electron chi connectivity index (χ1n) is 9.37. The third-order valence-corrected chi connectivity index (χ3v) is 4.14. The zero-order chi connectivity index (χ0) is 21.8. The van der Waals surface area contributed by atoms with Crippen molar-refractivity contribution in [2.75, 3.05) is 38.8 Å². The quantitative estimate of drug-likeness (QED) is 0.336. The van der Waals surface area contributed by atoms with Crippen LogP contribution in [-0.2, 0) is 4.74 Å². The Labute approximate surface area is 180 Å². The van der Waals surface area contributed by atoms with Crippen LogP contribution in [0.3, 0.4) is 0 Å². The number of rotatable bonds is 10. The van der Waals surface area contributed by atoms with Crippen molar-refractivity contribution in [3.8, 4) is 5.75 Å². The predicted octanol–water partition coefficient (Wildman–Crippen LogP) is 1.95. The maximum absolute atomic E-state index is 12.4. The fourth-order valence-corrected chi connectivity index (χ4v) is 2.64. The van der Waals surface area contributed by atoms with Crippen LogP contribution >= 0.6 is 12.2 Å². The molecular formula is C21H25N3O5S. The van der Waals surface area contributed by atoms with Gasteiger partial charge in [-0.05, 0) is 55.0 Å². The zero-order valence-corrected chi connectivity index (χ0v) is 17.5. The van der Waals surface area contributed by atoms with E-state index in [0.717, 1.165) is 0 Å². The molecule has 2 amide bonds. The van der Waals surface area contributed by atoms with Gasteiger partial charge < -0.3 is 25.2 Å². The van der Waals surface area contributed by atoms with Crippen molar-refractivity contribution < 1.29 is 24.2 Å². The molecule has 0 fully saturated rings. The molecule has 9 heteroatoms. The summed E-state index contributed by atoms with van der Waals surface area (Å²) in [5.41, 5.74) is 1.25. The van der Waals surface area contributed by atoms with Gasteiger partial charge in [0.2, 0.25) is 0 Å². The largest absolute Gasteiger partial charge is 0.491 e. The Morgan fingerprint density at radius 1 is 1.03 bits per heavy atom. The van der Waals surface area contributed by atoms with Crippen molar-refractivity contribution in [2.24, 2.45) is 0 Å². The van der Waals surface area contributed by atoms with Crippen LogP contribution in [0.5, 0.6) is 5.75 Å². The molecule has 2 rings (SSSR count). The van der Waals surface area contributed by atoms with Crippen molar-refractivity contribution in [3.63, 3.8) is 0 Å². The maximum atomic E-state index is 12.4. The Morgan fingerprint density at radius 2 is 1.77 bits per heavy atom. The van der Waals surface area contributed by atoms with Gasteiger partial charge in [-0.2, -0.15) is 0 Å². The first kappa shape index (κ1) is 23.3. The summed E-state index contributed by atoms with van der Waals surface area (Å²) >= 11 is 5.21. The van der Waals surface area contributed by atoms with Gasteiger partial charge in [0.25, 0.3) is 11.8 Å². The van der Waals surface area contributed by atoms with Crippen LogP contribution in [0.25, 0.3) is 0 Å². The molecule has 30 heavy (non-hydrogen) atoms. The van der Waals surface area contributed by atoms with Crippen LogP contribution in [0.1, 0.15) is 27.1 Å². The number of nitrogens with one attached hydrogen (secondary N) is 3. The van der Waals surface area contributed by atoms with Crippen molar-refractivity contribution in [3.05, 3.63) is 59.7 Å². The summed E-state index contributed by atoms with van der Waals surface area (Å²) in [6, 6.07) is 13.4. The van der Waals surface area contributed by atoms with E-state index in [9.17, 15) is 9.59 Å². The third kappa shape index (κ3) is 7.43. The number of hydrogen-bond donors (Lipinski definition) is 4. The van der Waals surface area contributed by atoms with Crippen LogP contribution < -0.4 is 20.7 Å². The Kier molecular flexibility index (Phi) is 9.72. The third-order valence-electron chi connectivity index (χ3n) is 3.94. The number of anilines is 1. The van der Waals surface area contributed by atoms with Gasteiger partial charge >= 0.3 is 0 Å². The van der Waals surface area contributed by atoms with Crippen molar-refractivity contribution >= 4 is 34.8 Å². The number of hydrogen-bond acceptors (Lipinski definition) is 6. The van der Waals surface area contributed by atoms with Crippen molar-refractivity contribution in [1.29, 1.82) is 0 Å². The standard InChI is InChI=1S/C21H25N3O5S/c1-28-13-14-29-16-9-7-15(8-10-16)19(26)24-21(30)23-18-6-3-2-5-17(18)20(27)22-11-4-12-25/h2-3,5-10,25H,4,11-14H2,1H3,(H,22,27)(H2,23,24,26,30). The highest BCUT2D eigenvalue weighted by Gasteiger charge is 2.13. The molecule has 0 unspecified atom stereocenters. The fraction of sp³-hybridized carbons (Fsp3) is 0.286. The highest BCUT2D eigenvalue weighted by molar-refractivity contribution is 7.80. The first-order valence-corrected chi connectivity index (χ1v) is 9.78. The molecule has 0 aliphatic rings. The minimum Gasteiger partial charge on any atom is -0.491 e. The average Bonchev–Trinajstić information content (AvgIpc) is 2.74. The second-order valence-electron chi connectivity index (χ2n) is 6.15. The summed E-state index contributed by atoms with van der Waals surface area (Å²) < 4.78 is 10.4. The number of thiocarbonyl (C=S) groups is 1. The second kappa shape index (κ2) is 12.5. The lowest BCUT2D eigenvalue weighted by atomic mass is 10.1. The molecule has 0 aromatic heterocycles. The molecule has 4 N–H and O–H groups in total. The lowest BCUT2D eigenvalue weighted by molar-refractivity contribution is 0.0950. The summed E-state index contributed by atoms with van der Waals surface area (Å²) in [4.78, 5) is 24.7. The van der Waals surface area contributed by atoms with E-state index in [2.05, 4.69) is 16.0 Å². The fourth-order valence-electron chi connectivity index (χ4n) is 2.44. The van der Waals surface area contributed by atoms with E-state index in [4.69, 9.17) is 26.8 Å². The van der Waals surface area contributed by atoms with Gasteiger partial charge in [0.05, 0.1) is 17.9 Å². The van der Waals surface area contributed by atoms with Gasteiger partial charge in [-0.3, -0.25) is 14.9 Å². The van der Waals surface area contributed by atoms with Gasteiger partial charge in [0.1, 0.15) is 12.4 Å². The minimum atomic E-state index is -0.388. The molecule has 0 bridgehead atoms. The van der Waals surface area contributed by atoms with Crippen LogP contribution in [-0.4, -0.2) is 55.5 Å². The number of methoxy groups -OCH3 is 1. The maximum Gasteiger partial charge on any atom is 0.257 e. The molecule has 0 spiro atoms. The molecule has 0 saturated carbocycles. The Balaban J connectivity index is 1.94. The van der Waals surface area contributed by atoms with Gasteiger partial charge in [-0.1, -0.05) is 12.1 Å². The highest BCUT2D eigenvalue weighted by Crippen LogP contribution is 2.15. The molecular weight excluding hydrogens is 406 g/mol. The van der Waals surface area contributed by atoms with E-state index in [0.29, 0.717) is 48.7 Å². The SMILES string of the molecule is COCCOc1ccc(C(=O)NC(=S)Nc2ccccc2C(=O)NCCCO)cc1. The molecule has 0 heterocycles. The summed E-state index contributed by atoms with van der Waals surface area (Å²) in [6.07, 6.45) is 0.464. The lowest BCUT2D eigenvalue weighted by Gasteiger charge is -2.13. The zero-order valence-electron chi connectivity index (χ0n) is 16.6. The number of aliphatic hydroxyl groups is 1. The number of ether oxygens (including phenoxy) is 2. The monoisotopic (exact) mass is 431 g/mol. The van der Waals surface area contributed by atoms with Crippen molar-refractivity contribution in [2.45, 2.75) is 6.42 Å². The van der Waals surface area contributed by atoms with Gasteiger partial charge in [0, 0.05) is 25.8 Å². The average molecular weight is 432 g/mol. The molecule has 0 atom stereocenters. The van der Waals surface area contributed by atoms with Gasteiger partial charge in [0.15, 0.2) is 5.11 Å². The summed E-state index contributed by atoms with van der Waals surface area (Å²) in [5, 5.41) is 17.1. The predicted molar refractivity (Wildman–Crippen MR) is 118 cm³/mol. The molecule has 0 radical (unpaired) electrons. The molecule has 0 aliphatic carbocycles. The van der Waals surface area contributed by atoms with E-state index >= 15 is 0 Å². The van der Waals surface area contributed by atoms with Crippen LogP contribution in [0, 0.1) is 0 Å². The number of benzene rings is 2. The second-order valence-corrected chi connectivity index (χ2v) is 6.56. The van der Waals surface area contributed by atoms with Gasteiger partial charge in [-0.15, -0.1) is 0 Å². The molecule has 2 aromatic carbocycles. The Morgan fingerprint density at radius 3 is 2.47 bits per heavy atom. The Bertz CT molecular complexity index is 858. The van der Waals surface area contributed by atoms with E-state index in [1.807, 2.05) is 0 Å². The summed E-state index contributed by atoms with van der Waals surface area (Å²) in [5.74, 6) is -0.0593. The molecule has 0 aliphatic heterocycles.